The average molecular weight is 658 g/mol. The van der Waals surface area contributed by atoms with Crippen LogP contribution in [-0.4, -0.2) is 89.5 Å². The Labute approximate surface area is 274 Å². The van der Waals surface area contributed by atoms with E-state index in [4.69, 9.17) is 9.51 Å². The van der Waals surface area contributed by atoms with Gasteiger partial charge in [0.15, 0.2) is 5.76 Å². The molecule has 2 saturated heterocycles. The number of para-hydroxylation sites is 1. The summed E-state index contributed by atoms with van der Waals surface area (Å²) in [5.74, 6) is 1.40. The van der Waals surface area contributed by atoms with Gasteiger partial charge in [-0.3, -0.25) is 9.80 Å². The van der Waals surface area contributed by atoms with Gasteiger partial charge in [-0.2, -0.15) is 4.31 Å². The number of hydrogen-bond acceptors (Lipinski definition) is 10. The van der Waals surface area contributed by atoms with E-state index in [9.17, 15) is 8.42 Å². The van der Waals surface area contributed by atoms with E-state index in [0.29, 0.717) is 36.1 Å². The van der Waals surface area contributed by atoms with Crippen molar-refractivity contribution in [2.75, 3.05) is 51.1 Å². The second-order valence-corrected chi connectivity index (χ2v) is 15.6. The summed E-state index contributed by atoms with van der Waals surface area (Å²) in [5.41, 5.74) is 5.29. The van der Waals surface area contributed by atoms with Gasteiger partial charge in [-0.05, 0) is 75.2 Å². The number of sulfonamides is 1. The van der Waals surface area contributed by atoms with Gasteiger partial charge in [0.2, 0.25) is 0 Å². The molecule has 0 bridgehead atoms. The predicted molar refractivity (Wildman–Crippen MR) is 182 cm³/mol. The molecule has 1 N–H and O–H groups in total. The molecule has 1 unspecified atom stereocenters. The highest BCUT2D eigenvalue weighted by Crippen LogP contribution is 2.34. The molecule has 0 aliphatic carbocycles. The molecule has 46 heavy (non-hydrogen) atoms. The monoisotopic (exact) mass is 657 g/mol. The molecule has 2 fully saturated rings. The molecular weight excluding hydrogens is 619 g/mol. The van der Waals surface area contributed by atoms with Crippen molar-refractivity contribution < 1.29 is 12.9 Å². The van der Waals surface area contributed by atoms with Crippen LogP contribution in [0, 0.1) is 6.92 Å². The summed E-state index contributed by atoms with van der Waals surface area (Å²) in [6.07, 6.45) is 4.21. The second kappa shape index (κ2) is 13.2. The maximum atomic E-state index is 13.4. The van der Waals surface area contributed by atoms with Crippen LogP contribution in [0.2, 0.25) is 0 Å². The molecule has 5 aromatic rings. The number of hydrogen-bond donors (Lipinski definition) is 1. The van der Waals surface area contributed by atoms with Crippen LogP contribution in [0.25, 0.3) is 32.7 Å². The third-order valence-corrected chi connectivity index (χ3v) is 12.3. The van der Waals surface area contributed by atoms with E-state index in [2.05, 4.69) is 74.6 Å². The van der Waals surface area contributed by atoms with Crippen LogP contribution >= 0.6 is 11.3 Å². The molecular formula is C34H39N7O3S2. The van der Waals surface area contributed by atoms with Crippen LogP contribution in [0.3, 0.4) is 0 Å². The number of fused-ring (bicyclic) bond motifs is 1. The number of likely N-dealkylation sites (tertiary alicyclic amines) is 1. The van der Waals surface area contributed by atoms with Gasteiger partial charge < -0.3 is 9.84 Å². The van der Waals surface area contributed by atoms with E-state index in [-0.39, 0.29) is 6.04 Å². The summed E-state index contributed by atoms with van der Waals surface area (Å²) in [4.78, 5) is 14.9. The lowest BCUT2D eigenvalue weighted by molar-refractivity contribution is 0.184. The molecule has 1 atom stereocenters. The Morgan fingerprint density at radius 3 is 2.52 bits per heavy atom. The van der Waals surface area contributed by atoms with Gasteiger partial charge in [0.25, 0.3) is 10.0 Å². The number of piperazine rings is 1. The minimum Gasteiger partial charge on any atom is -0.366 e. The van der Waals surface area contributed by atoms with E-state index >= 15 is 0 Å². The highest BCUT2D eigenvalue weighted by atomic mass is 32.2. The lowest BCUT2D eigenvalue weighted by Crippen LogP contribution is -2.50. The average Bonchev–Trinajstić information content (AvgIpc) is 3.85. The smallest absolute Gasteiger partial charge is 0.252 e. The zero-order chi connectivity index (χ0) is 31.7. The molecule has 0 saturated carbocycles. The first-order chi connectivity index (χ1) is 22.3. The number of aryl methyl sites for hydroxylation is 1. The summed E-state index contributed by atoms with van der Waals surface area (Å²) in [5, 5.41) is 8.52. The van der Waals surface area contributed by atoms with Crippen LogP contribution < -0.4 is 5.32 Å². The minimum atomic E-state index is -3.58. The lowest BCUT2D eigenvalue weighted by atomic mass is 10.00. The molecule has 240 valence electrons. The van der Waals surface area contributed by atoms with Crippen molar-refractivity contribution in [3.05, 3.63) is 78.2 Å². The Hall–Kier alpha value is -3.68. The van der Waals surface area contributed by atoms with Crippen molar-refractivity contribution in [3.63, 3.8) is 0 Å². The van der Waals surface area contributed by atoms with Crippen LogP contribution in [-0.2, 0) is 16.6 Å². The number of nitrogens with one attached hydrogen (secondary N) is 1. The standard InChI is InChI=1S/C34H39N7O3S2/c1-24-19-30(44-38-24)31-11-12-32(45-31)46(42,43)41-17-15-40(16-18-41)21-25(2)37-34-29-10-6-9-28(33(29)35-23-36-34)27-8-5-7-26(20-27)22-39-13-3-4-14-39/h5-12,19-20,23,25H,3-4,13-18,21-22H2,1-2H3,(H,35,36,37). The molecule has 0 spiro atoms. The fourth-order valence-corrected chi connectivity index (χ4v) is 9.32. The number of anilines is 1. The predicted octanol–water partition coefficient (Wildman–Crippen LogP) is 5.72. The second-order valence-electron chi connectivity index (χ2n) is 12.3. The van der Waals surface area contributed by atoms with Gasteiger partial charge in [-0.15, -0.1) is 11.3 Å². The molecule has 2 aromatic carbocycles. The number of nitrogens with zero attached hydrogens (tertiary/aromatic N) is 6. The maximum Gasteiger partial charge on any atom is 0.252 e. The third-order valence-electron chi connectivity index (χ3n) is 8.80. The molecule has 5 heterocycles. The highest BCUT2D eigenvalue weighted by Gasteiger charge is 2.30. The Balaban J connectivity index is 0.988. The summed E-state index contributed by atoms with van der Waals surface area (Å²) >= 11 is 1.22. The van der Waals surface area contributed by atoms with E-state index in [1.165, 1.54) is 48.4 Å². The van der Waals surface area contributed by atoms with Crippen molar-refractivity contribution in [2.24, 2.45) is 0 Å². The van der Waals surface area contributed by atoms with Crippen molar-refractivity contribution >= 4 is 38.1 Å². The van der Waals surface area contributed by atoms with Gasteiger partial charge in [-0.1, -0.05) is 35.5 Å². The van der Waals surface area contributed by atoms with Gasteiger partial charge in [0.05, 0.1) is 16.1 Å². The molecule has 2 aliphatic rings. The Morgan fingerprint density at radius 1 is 0.935 bits per heavy atom. The van der Waals surface area contributed by atoms with Crippen LogP contribution in [0.15, 0.2) is 75.7 Å². The van der Waals surface area contributed by atoms with Gasteiger partial charge in [0.1, 0.15) is 16.4 Å². The number of rotatable bonds is 10. The molecule has 3 aromatic heterocycles. The lowest BCUT2D eigenvalue weighted by Gasteiger charge is -2.35. The summed E-state index contributed by atoms with van der Waals surface area (Å²) in [7, 11) is -3.58. The summed E-state index contributed by atoms with van der Waals surface area (Å²) < 4.78 is 34.0. The van der Waals surface area contributed by atoms with Crippen LogP contribution in [0.5, 0.6) is 0 Å². The zero-order valence-electron chi connectivity index (χ0n) is 26.2. The van der Waals surface area contributed by atoms with Gasteiger partial charge >= 0.3 is 0 Å². The van der Waals surface area contributed by atoms with Crippen LogP contribution in [0.1, 0.15) is 31.0 Å². The largest absolute Gasteiger partial charge is 0.366 e. The summed E-state index contributed by atoms with van der Waals surface area (Å²) in [6, 6.07) is 20.5. The Kier molecular flexibility index (Phi) is 8.88. The molecule has 0 radical (unpaired) electrons. The SMILES string of the molecule is Cc1cc(-c2ccc(S(=O)(=O)N3CCN(CC(C)Nc4ncnc5c(-c6cccc(CN7CCCC7)c6)cccc45)CC3)s2)on1. The topological polar surface area (TPSA) is 108 Å². The Bertz CT molecular complexity index is 1930. The fraction of sp³-hybridized carbons (Fsp3) is 0.382. The zero-order valence-corrected chi connectivity index (χ0v) is 27.9. The summed E-state index contributed by atoms with van der Waals surface area (Å²) in [6.45, 7) is 10.3. The number of thiophene rings is 1. The molecule has 2 aliphatic heterocycles. The first-order valence-corrected chi connectivity index (χ1v) is 18.2. The highest BCUT2D eigenvalue weighted by molar-refractivity contribution is 7.91. The molecule has 7 rings (SSSR count). The van der Waals surface area contributed by atoms with Crippen LogP contribution in [0.4, 0.5) is 5.82 Å². The Morgan fingerprint density at radius 2 is 1.74 bits per heavy atom. The minimum absolute atomic E-state index is 0.0962. The number of aromatic nitrogens is 3. The first kappa shape index (κ1) is 30.9. The van der Waals surface area contributed by atoms with Crippen molar-refractivity contribution in [2.45, 2.75) is 43.5 Å². The quantitative estimate of drug-likeness (QED) is 0.202. The van der Waals surface area contributed by atoms with E-state index in [1.54, 1.807) is 22.8 Å². The van der Waals surface area contributed by atoms with E-state index in [1.807, 2.05) is 13.0 Å². The van der Waals surface area contributed by atoms with E-state index in [0.717, 1.165) is 45.9 Å². The van der Waals surface area contributed by atoms with Gasteiger partial charge in [-0.25, -0.2) is 18.4 Å². The van der Waals surface area contributed by atoms with Crippen molar-refractivity contribution in [3.8, 4) is 21.8 Å². The first-order valence-electron chi connectivity index (χ1n) is 15.9. The molecule has 0 amide bonds. The third kappa shape index (κ3) is 6.58. The van der Waals surface area contributed by atoms with E-state index < -0.39 is 10.0 Å². The van der Waals surface area contributed by atoms with Crippen molar-refractivity contribution in [1.82, 2.24) is 29.2 Å². The van der Waals surface area contributed by atoms with Gasteiger partial charge in [0, 0.05) is 62.3 Å². The molecule has 12 heteroatoms. The fourth-order valence-electron chi connectivity index (χ4n) is 6.49. The normalized spacial score (nSPS) is 17.5. The number of benzene rings is 2. The van der Waals surface area contributed by atoms with Crippen molar-refractivity contribution in [1.29, 1.82) is 0 Å². The molecule has 10 nitrogen and oxygen atoms in total. The maximum absolute atomic E-state index is 13.4.